The Balaban J connectivity index is 1.71. The predicted octanol–water partition coefficient (Wildman–Crippen LogP) is 3.00. The quantitative estimate of drug-likeness (QED) is 0.777. The fourth-order valence-corrected chi connectivity index (χ4v) is 6.08. The third kappa shape index (κ3) is 2.89. The first-order valence-electron chi connectivity index (χ1n) is 7.07. The number of hydrogen-bond acceptors (Lipinski definition) is 3. The van der Waals surface area contributed by atoms with Crippen LogP contribution in [0.4, 0.5) is 0 Å². The number of fused-ring (bicyclic) bond motifs is 1. The van der Waals surface area contributed by atoms with Gasteiger partial charge in [0.25, 0.3) is 0 Å². The molecule has 2 aliphatic rings. The molecule has 5 heteroatoms. The number of halogens is 1. The van der Waals surface area contributed by atoms with Gasteiger partial charge in [-0.25, -0.2) is 8.42 Å². The van der Waals surface area contributed by atoms with Crippen LogP contribution in [0.5, 0.6) is 5.75 Å². The third-order valence-electron chi connectivity index (χ3n) is 4.52. The zero-order chi connectivity index (χ0) is 14.2. The molecule has 3 unspecified atom stereocenters. The van der Waals surface area contributed by atoms with E-state index < -0.39 is 9.84 Å². The van der Waals surface area contributed by atoms with Crippen LogP contribution in [-0.4, -0.2) is 31.9 Å². The zero-order valence-corrected chi connectivity index (χ0v) is 13.7. The van der Waals surface area contributed by atoms with Crippen molar-refractivity contribution < 1.29 is 13.2 Å². The molecule has 0 amide bonds. The van der Waals surface area contributed by atoms with E-state index in [0.29, 0.717) is 29.3 Å². The normalized spacial score (nSPS) is 28.9. The lowest BCUT2D eigenvalue weighted by molar-refractivity contribution is 0.287. The summed E-state index contributed by atoms with van der Waals surface area (Å²) < 4.78 is 29.0. The summed E-state index contributed by atoms with van der Waals surface area (Å²) in [6, 6.07) is 8.18. The van der Waals surface area contributed by atoms with E-state index in [2.05, 4.69) is 22.0 Å². The summed E-state index contributed by atoms with van der Waals surface area (Å²) in [5.41, 5.74) is 1.28. The minimum atomic E-state index is -2.80. The predicted molar refractivity (Wildman–Crippen MR) is 83.3 cm³/mol. The van der Waals surface area contributed by atoms with Gasteiger partial charge >= 0.3 is 0 Å². The summed E-state index contributed by atoms with van der Waals surface area (Å²) in [5.74, 6) is 2.82. The molecule has 1 aromatic rings. The third-order valence-corrected chi connectivity index (χ3v) is 7.14. The van der Waals surface area contributed by atoms with Crippen LogP contribution in [0.3, 0.4) is 0 Å². The van der Waals surface area contributed by atoms with Crippen LogP contribution in [-0.2, 0) is 9.84 Å². The molecule has 0 N–H and O–H groups in total. The maximum Gasteiger partial charge on any atom is 0.150 e. The maximum atomic E-state index is 11.7. The summed E-state index contributed by atoms with van der Waals surface area (Å²) in [7, 11) is -2.80. The minimum absolute atomic E-state index is 0.298. The fraction of sp³-hybridized carbons (Fsp3) is 0.600. The first kappa shape index (κ1) is 14.4. The molecular weight excluding hydrogens is 340 g/mol. The molecule has 1 aromatic carbocycles. The molecule has 1 saturated heterocycles. The minimum Gasteiger partial charge on any atom is -0.493 e. The van der Waals surface area contributed by atoms with Crippen molar-refractivity contribution in [2.75, 3.05) is 23.4 Å². The van der Waals surface area contributed by atoms with E-state index in [9.17, 15) is 8.42 Å². The number of benzene rings is 1. The Morgan fingerprint density at radius 1 is 1.35 bits per heavy atom. The molecule has 2 heterocycles. The molecule has 2 aliphatic heterocycles. The van der Waals surface area contributed by atoms with Crippen LogP contribution in [0.15, 0.2) is 24.3 Å². The molecule has 0 bridgehead atoms. The average molecular weight is 359 g/mol. The second kappa shape index (κ2) is 5.68. The molecule has 20 heavy (non-hydrogen) atoms. The highest BCUT2D eigenvalue weighted by molar-refractivity contribution is 9.09. The van der Waals surface area contributed by atoms with Gasteiger partial charge in [-0.15, -0.1) is 0 Å². The van der Waals surface area contributed by atoms with Crippen LogP contribution in [0.1, 0.15) is 24.3 Å². The molecule has 0 spiro atoms. The van der Waals surface area contributed by atoms with E-state index in [1.807, 2.05) is 18.2 Å². The second-order valence-electron chi connectivity index (χ2n) is 5.86. The first-order chi connectivity index (χ1) is 9.59. The van der Waals surface area contributed by atoms with Crippen molar-refractivity contribution >= 4 is 25.8 Å². The zero-order valence-electron chi connectivity index (χ0n) is 11.3. The lowest BCUT2D eigenvalue weighted by atomic mass is 9.83. The Morgan fingerprint density at radius 3 is 2.85 bits per heavy atom. The van der Waals surface area contributed by atoms with Gasteiger partial charge in [0.1, 0.15) is 5.75 Å². The lowest BCUT2D eigenvalue weighted by Crippen LogP contribution is -2.21. The average Bonchev–Trinajstić information content (AvgIpc) is 2.99. The summed E-state index contributed by atoms with van der Waals surface area (Å²) in [6.45, 7) is 0.725. The molecule has 0 saturated carbocycles. The van der Waals surface area contributed by atoms with Crippen LogP contribution in [0.25, 0.3) is 0 Å². The van der Waals surface area contributed by atoms with Gasteiger partial charge in [0.05, 0.1) is 18.1 Å². The first-order valence-corrected chi connectivity index (χ1v) is 10.0. The van der Waals surface area contributed by atoms with Crippen molar-refractivity contribution in [1.82, 2.24) is 0 Å². The molecule has 0 aliphatic carbocycles. The van der Waals surface area contributed by atoms with Gasteiger partial charge in [0.2, 0.25) is 0 Å². The molecule has 3 nitrogen and oxygen atoms in total. The van der Waals surface area contributed by atoms with Crippen LogP contribution in [0, 0.1) is 11.8 Å². The van der Waals surface area contributed by atoms with Gasteiger partial charge < -0.3 is 4.74 Å². The molecule has 1 fully saturated rings. The topological polar surface area (TPSA) is 43.4 Å². The number of alkyl halides is 1. The largest absolute Gasteiger partial charge is 0.493 e. The van der Waals surface area contributed by atoms with Crippen LogP contribution >= 0.6 is 15.9 Å². The van der Waals surface area contributed by atoms with Gasteiger partial charge in [-0.05, 0) is 30.7 Å². The van der Waals surface area contributed by atoms with E-state index in [4.69, 9.17) is 4.74 Å². The van der Waals surface area contributed by atoms with Gasteiger partial charge in [-0.1, -0.05) is 34.1 Å². The van der Waals surface area contributed by atoms with Gasteiger partial charge in [0.15, 0.2) is 9.84 Å². The number of rotatable bonds is 4. The summed E-state index contributed by atoms with van der Waals surface area (Å²) >= 11 is 3.58. The monoisotopic (exact) mass is 358 g/mol. The SMILES string of the molecule is O=S1(=O)CCC(C(CBr)CC2COc3ccccc32)C1. The van der Waals surface area contributed by atoms with Crippen molar-refractivity contribution in [2.45, 2.75) is 18.8 Å². The highest BCUT2D eigenvalue weighted by Crippen LogP contribution is 2.40. The van der Waals surface area contributed by atoms with Crippen LogP contribution in [0.2, 0.25) is 0 Å². The Bertz CT molecular complexity index is 585. The van der Waals surface area contributed by atoms with E-state index in [1.54, 1.807) is 0 Å². The molecule has 3 rings (SSSR count). The van der Waals surface area contributed by atoms with E-state index in [0.717, 1.165) is 30.5 Å². The number of para-hydroxylation sites is 1. The van der Waals surface area contributed by atoms with Crippen molar-refractivity contribution in [1.29, 1.82) is 0 Å². The summed E-state index contributed by atoms with van der Waals surface area (Å²) in [4.78, 5) is 0. The standard InChI is InChI=1S/C15H19BrO3S/c16-8-12(11-5-6-20(17,18)10-11)7-13-9-19-15-4-2-1-3-14(13)15/h1-4,11-13H,5-10H2. The number of hydrogen-bond donors (Lipinski definition) is 0. The molecule has 3 atom stereocenters. The fourth-order valence-electron chi connectivity index (χ4n) is 3.37. The van der Waals surface area contributed by atoms with Crippen molar-refractivity contribution in [3.8, 4) is 5.75 Å². The van der Waals surface area contributed by atoms with E-state index in [-0.39, 0.29) is 0 Å². The highest BCUT2D eigenvalue weighted by atomic mass is 79.9. The maximum absolute atomic E-state index is 11.7. The summed E-state index contributed by atoms with van der Waals surface area (Å²) in [5, 5.41) is 0.867. The van der Waals surface area contributed by atoms with Crippen molar-refractivity contribution in [3.05, 3.63) is 29.8 Å². The van der Waals surface area contributed by atoms with Crippen molar-refractivity contribution in [2.24, 2.45) is 11.8 Å². The van der Waals surface area contributed by atoms with Crippen LogP contribution < -0.4 is 4.74 Å². The molecular formula is C15H19BrO3S. The Morgan fingerprint density at radius 2 is 2.15 bits per heavy atom. The summed E-state index contributed by atoms with van der Waals surface area (Å²) in [6.07, 6.45) is 1.82. The van der Waals surface area contributed by atoms with Gasteiger partial charge in [-0.2, -0.15) is 0 Å². The highest BCUT2D eigenvalue weighted by Gasteiger charge is 2.36. The van der Waals surface area contributed by atoms with E-state index in [1.165, 1.54) is 5.56 Å². The van der Waals surface area contributed by atoms with E-state index >= 15 is 0 Å². The second-order valence-corrected chi connectivity index (χ2v) is 8.74. The Labute approximate surface area is 128 Å². The number of sulfone groups is 1. The number of ether oxygens (including phenoxy) is 1. The van der Waals surface area contributed by atoms with Crippen molar-refractivity contribution in [3.63, 3.8) is 0 Å². The molecule has 110 valence electrons. The molecule has 0 aromatic heterocycles. The Kier molecular flexibility index (Phi) is 4.09. The Hall–Kier alpha value is -0.550. The molecule has 0 radical (unpaired) electrons. The lowest BCUT2D eigenvalue weighted by Gasteiger charge is -2.23. The van der Waals surface area contributed by atoms with Gasteiger partial charge in [-0.3, -0.25) is 0 Å². The van der Waals surface area contributed by atoms with Gasteiger partial charge in [0, 0.05) is 16.8 Å². The smallest absolute Gasteiger partial charge is 0.150 e.